The molecule has 0 aliphatic carbocycles. The monoisotopic (exact) mass is 476 g/mol. The van der Waals surface area contributed by atoms with Crippen molar-refractivity contribution in [2.24, 2.45) is 0 Å². The van der Waals surface area contributed by atoms with E-state index in [0.717, 1.165) is 11.3 Å². The summed E-state index contributed by atoms with van der Waals surface area (Å²) >= 11 is 1.34. The lowest BCUT2D eigenvalue weighted by Gasteiger charge is -2.20. The van der Waals surface area contributed by atoms with E-state index in [-0.39, 0.29) is 10.8 Å². The number of carbonyl (C=O) groups is 1. The van der Waals surface area contributed by atoms with Crippen LogP contribution in [0, 0.1) is 0 Å². The van der Waals surface area contributed by atoms with Crippen molar-refractivity contribution in [1.29, 1.82) is 0 Å². The van der Waals surface area contributed by atoms with Gasteiger partial charge < -0.3 is 0 Å². The minimum absolute atomic E-state index is 0.157. The lowest BCUT2D eigenvalue weighted by molar-refractivity contribution is 0.0993. The van der Waals surface area contributed by atoms with E-state index in [1.54, 1.807) is 25.4 Å². The van der Waals surface area contributed by atoms with E-state index in [1.807, 2.05) is 47.8 Å². The highest BCUT2D eigenvalue weighted by molar-refractivity contribution is 7.92. The molecule has 0 unspecified atom stereocenters. The quantitative estimate of drug-likeness (QED) is 0.430. The van der Waals surface area contributed by atoms with Crippen molar-refractivity contribution in [3.05, 3.63) is 89.4 Å². The molecule has 5 rings (SSSR count). The van der Waals surface area contributed by atoms with Crippen molar-refractivity contribution in [2.75, 3.05) is 22.8 Å². The number of carbonyl (C=O) groups excluding carboxylic acids is 1. The fourth-order valence-electron chi connectivity index (χ4n) is 3.79. The molecular formula is C24H20N4O3S2. The van der Waals surface area contributed by atoms with Crippen LogP contribution in [0.3, 0.4) is 0 Å². The van der Waals surface area contributed by atoms with Gasteiger partial charge in [-0.3, -0.25) is 19.0 Å². The van der Waals surface area contributed by atoms with Crippen LogP contribution in [0.1, 0.15) is 15.9 Å². The van der Waals surface area contributed by atoms with E-state index in [4.69, 9.17) is 0 Å². The van der Waals surface area contributed by atoms with Gasteiger partial charge in [0.1, 0.15) is 5.69 Å². The Balaban J connectivity index is 1.35. The Morgan fingerprint density at radius 2 is 1.76 bits per heavy atom. The predicted molar refractivity (Wildman–Crippen MR) is 129 cm³/mol. The van der Waals surface area contributed by atoms with Gasteiger partial charge in [-0.1, -0.05) is 24.3 Å². The predicted octanol–water partition coefficient (Wildman–Crippen LogP) is 4.23. The number of aromatic nitrogens is 2. The summed E-state index contributed by atoms with van der Waals surface area (Å²) in [7, 11) is -2.06. The minimum atomic E-state index is -3.70. The molecule has 0 radical (unpaired) electrons. The maximum atomic E-state index is 13.2. The van der Waals surface area contributed by atoms with Gasteiger partial charge in [0.2, 0.25) is 0 Å². The van der Waals surface area contributed by atoms with E-state index < -0.39 is 10.0 Å². The highest BCUT2D eigenvalue weighted by atomic mass is 32.2. The molecule has 0 fully saturated rings. The fraction of sp³-hybridized carbons (Fsp3) is 0.125. The number of anilines is 2. The lowest BCUT2D eigenvalue weighted by Crippen LogP contribution is -2.29. The topological polar surface area (TPSA) is 83.5 Å². The van der Waals surface area contributed by atoms with Gasteiger partial charge in [0.15, 0.2) is 5.13 Å². The van der Waals surface area contributed by atoms with Crippen LogP contribution < -0.4 is 9.21 Å². The summed E-state index contributed by atoms with van der Waals surface area (Å²) in [6, 6.07) is 19.1. The van der Waals surface area contributed by atoms with E-state index in [1.165, 1.54) is 32.7 Å². The molecule has 1 aliphatic heterocycles. The number of hydrogen-bond acceptors (Lipinski definition) is 6. The molecule has 166 valence electrons. The summed E-state index contributed by atoms with van der Waals surface area (Å²) in [6.07, 6.45) is 2.38. The number of benzene rings is 2. The first-order valence-corrected chi connectivity index (χ1v) is 12.6. The Hall–Kier alpha value is -3.56. The SMILES string of the molecule is CN(C(=O)c1ccc(S(=O)(=O)N2CCc3ccccc32)cc1)c1nc(-c2ccccn2)cs1. The van der Waals surface area contributed by atoms with Crippen molar-refractivity contribution in [3.8, 4) is 11.4 Å². The van der Waals surface area contributed by atoms with Crippen molar-refractivity contribution in [3.63, 3.8) is 0 Å². The van der Waals surface area contributed by atoms with Gasteiger partial charge in [-0.25, -0.2) is 13.4 Å². The number of sulfonamides is 1. The molecule has 1 aliphatic rings. The number of amides is 1. The van der Waals surface area contributed by atoms with Crippen LogP contribution >= 0.6 is 11.3 Å². The molecule has 4 aromatic rings. The summed E-state index contributed by atoms with van der Waals surface area (Å²) in [5, 5.41) is 2.39. The molecule has 0 saturated carbocycles. The van der Waals surface area contributed by atoms with E-state index in [0.29, 0.717) is 35.0 Å². The maximum Gasteiger partial charge on any atom is 0.264 e. The average Bonchev–Trinajstić information content (AvgIpc) is 3.52. The Labute approximate surface area is 196 Å². The molecule has 33 heavy (non-hydrogen) atoms. The maximum absolute atomic E-state index is 13.2. The van der Waals surface area contributed by atoms with Crippen LogP contribution in [-0.4, -0.2) is 37.9 Å². The zero-order chi connectivity index (χ0) is 23.0. The largest absolute Gasteiger partial charge is 0.287 e. The van der Waals surface area contributed by atoms with Crippen molar-refractivity contribution < 1.29 is 13.2 Å². The number of pyridine rings is 1. The molecule has 7 nitrogen and oxygen atoms in total. The lowest BCUT2D eigenvalue weighted by atomic mass is 10.2. The molecule has 0 atom stereocenters. The van der Waals surface area contributed by atoms with Crippen molar-refractivity contribution in [2.45, 2.75) is 11.3 Å². The van der Waals surface area contributed by atoms with Gasteiger partial charge in [0.05, 0.1) is 16.3 Å². The molecule has 0 saturated heterocycles. The molecule has 9 heteroatoms. The molecule has 0 spiro atoms. The van der Waals surface area contributed by atoms with Gasteiger partial charge in [-0.2, -0.15) is 0 Å². The van der Waals surface area contributed by atoms with Gasteiger partial charge in [0.25, 0.3) is 15.9 Å². The zero-order valence-electron chi connectivity index (χ0n) is 17.7. The van der Waals surface area contributed by atoms with Gasteiger partial charge in [-0.15, -0.1) is 11.3 Å². The standard InChI is InChI=1S/C24H20N4O3S2/c1-27(24-26-21(16-32-24)20-7-4-5-14-25-20)23(29)18-9-11-19(12-10-18)33(30,31)28-15-13-17-6-2-3-8-22(17)28/h2-12,14,16H,13,15H2,1H3. The molecule has 2 aromatic heterocycles. The van der Waals surface area contributed by atoms with Crippen LogP contribution in [0.5, 0.6) is 0 Å². The Bertz CT molecular complexity index is 1420. The van der Waals surface area contributed by atoms with E-state index in [2.05, 4.69) is 9.97 Å². The molecule has 0 N–H and O–H groups in total. The number of hydrogen-bond donors (Lipinski definition) is 0. The summed E-state index contributed by atoms with van der Waals surface area (Å²) in [4.78, 5) is 23.4. The van der Waals surface area contributed by atoms with Crippen molar-refractivity contribution in [1.82, 2.24) is 9.97 Å². The first kappa shape index (κ1) is 21.3. The number of thiazole rings is 1. The van der Waals surface area contributed by atoms with Crippen LogP contribution in [-0.2, 0) is 16.4 Å². The van der Waals surface area contributed by atoms with Gasteiger partial charge in [-0.05, 0) is 54.4 Å². The number of para-hydroxylation sites is 1. The van der Waals surface area contributed by atoms with E-state index >= 15 is 0 Å². The normalized spacial score (nSPS) is 13.1. The number of nitrogens with zero attached hydrogens (tertiary/aromatic N) is 4. The van der Waals surface area contributed by atoms with Crippen LogP contribution in [0.25, 0.3) is 11.4 Å². The third-order valence-corrected chi connectivity index (χ3v) is 8.29. The van der Waals surface area contributed by atoms with Crippen LogP contribution in [0.2, 0.25) is 0 Å². The average molecular weight is 477 g/mol. The first-order chi connectivity index (χ1) is 15.9. The minimum Gasteiger partial charge on any atom is -0.287 e. The number of fused-ring (bicyclic) bond motifs is 1. The smallest absolute Gasteiger partial charge is 0.264 e. The second-order valence-electron chi connectivity index (χ2n) is 7.57. The van der Waals surface area contributed by atoms with Crippen LogP contribution in [0.4, 0.5) is 10.8 Å². The molecule has 1 amide bonds. The van der Waals surface area contributed by atoms with Crippen molar-refractivity contribution >= 4 is 38.1 Å². The summed E-state index contributed by atoms with van der Waals surface area (Å²) < 4.78 is 27.8. The third-order valence-electron chi connectivity index (χ3n) is 5.54. The summed E-state index contributed by atoms with van der Waals surface area (Å²) in [5.41, 5.74) is 3.54. The summed E-state index contributed by atoms with van der Waals surface area (Å²) in [6.45, 7) is 0.410. The zero-order valence-corrected chi connectivity index (χ0v) is 19.4. The fourth-order valence-corrected chi connectivity index (χ4v) is 6.07. The van der Waals surface area contributed by atoms with E-state index in [9.17, 15) is 13.2 Å². The molecular weight excluding hydrogens is 456 g/mol. The Kier molecular flexibility index (Phi) is 5.43. The van der Waals surface area contributed by atoms with Gasteiger partial charge >= 0.3 is 0 Å². The Morgan fingerprint density at radius 3 is 2.52 bits per heavy atom. The van der Waals surface area contributed by atoms with Gasteiger partial charge in [0, 0.05) is 30.7 Å². The second-order valence-corrected chi connectivity index (χ2v) is 10.3. The Morgan fingerprint density at radius 1 is 1.00 bits per heavy atom. The highest BCUT2D eigenvalue weighted by Crippen LogP contribution is 2.33. The third kappa shape index (κ3) is 3.90. The second kappa shape index (κ2) is 8.42. The summed E-state index contributed by atoms with van der Waals surface area (Å²) in [5.74, 6) is -0.271. The molecule has 3 heterocycles. The highest BCUT2D eigenvalue weighted by Gasteiger charge is 2.30. The molecule has 2 aromatic carbocycles. The molecule has 0 bridgehead atoms. The number of rotatable bonds is 5. The first-order valence-electron chi connectivity index (χ1n) is 10.3. The van der Waals surface area contributed by atoms with Crippen LogP contribution in [0.15, 0.2) is 83.2 Å².